The molecule has 0 unspecified atom stereocenters. The lowest BCUT2D eigenvalue weighted by Gasteiger charge is -2.09. The van der Waals surface area contributed by atoms with Crippen LogP contribution in [-0.4, -0.2) is 24.3 Å². The minimum Gasteiger partial charge on any atom is -0.504 e. The summed E-state index contributed by atoms with van der Waals surface area (Å²) in [6.07, 6.45) is 0.724. The van der Waals surface area contributed by atoms with E-state index in [9.17, 15) is 14.7 Å². The maximum atomic E-state index is 11.2. The van der Waals surface area contributed by atoms with Gasteiger partial charge in [-0.2, -0.15) is 0 Å². The molecular weight excluding hydrogens is 196 g/mol. The third-order valence-electron chi connectivity index (χ3n) is 2.08. The topological polar surface area (TPSA) is 63.6 Å². The number of carbonyl (C=O) groups excluding carboxylic acids is 2. The fourth-order valence-electron chi connectivity index (χ4n) is 1.27. The van der Waals surface area contributed by atoms with Crippen molar-refractivity contribution in [3.8, 4) is 11.5 Å². The zero-order valence-electron chi connectivity index (χ0n) is 8.61. The summed E-state index contributed by atoms with van der Waals surface area (Å²) in [4.78, 5) is 21.5. The van der Waals surface area contributed by atoms with E-state index >= 15 is 0 Å². The number of benzene rings is 1. The van der Waals surface area contributed by atoms with Crippen LogP contribution in [0.1, 0.15) is 22.8 Å². The molecule has 4 nitrogen and oxygen atoms in total. The van der Waals surface area contributed by atoms with Gasteiger partial charge in [0.1, 0.15) is 6.29 Å². The fourth-order valence-corrected chi connectivity index (χ4v) is 1.27. The van der Waals surface area contributed by atoms with Crippen molar-refractivity contribution in [2.75, 3.05) is 7.11 Å². The van der Waals surface area contributed by atoms with Crippen LogP contribution in [0, 0.1) is 0 Å². The Kier molecular flexibility index (Phi) is 3.44. The monoisotopic (exact) mass is 208 g/mol. The number of ether oxygens (including phenoxy) is 1. The molecule has 1 aromatic rings. The van der Waals surface area contributed by atoms with Crippen LogP contribution in [0.2, 0.25) is 0 Å². The van der Waals surface area contributed by atoms with E-state index in [2.05, 4.69) is 0 Å². The van der Waals surface area contributed by atoms with Crippen molar-refractivity contribution in [1.82, 2.24) is 0 Å². The van der Waals surface area contributed by atoms with Crippen LogP contribution < -0.4 is 4.74 Å². The van der Waals surface area contributed by atoms with Crippen molar-refractivity contribution >= 4 is 12.1 Å². The smallest absolute Gasteiger partial charge is 0.161 e. The summed E-state index contributed by atoms with van der Waals surface area (Å²) >= 11 is 0. The molecule has 1 N–H and O–H groups in total. The Bertz CT molecular complexity index is 396. The zero-order chi connectivity index (χ0) is 11.4. The Morgan fingerprint density at radius 1 is 1.53 bits per heavy atom. The average Bonchev–Trinajstić information content (AvgIpc) is 2.21. The highest BCUT2D eigenvalue weighted by atomic mass is 16.5. The molecule has 4 heteroatoms. The van der Waals surface area contributed by atoms with Crippen molar-refractivity contribution in [1.29, 1.82) is 0 Å². The van der Waals surface area contributed by atoms with Crippen LogP contribution in [0.25, 0.3) is 0 Å². The van der Waals surface area contributed by atoms with Crippen molar-refractivity contribution in [3.05, 3.63) is 23.3 Å². The van der Waals surface area contributed by atoms with Crippen LogP contribution >= 0.6 is 0 Å². The maximum Gasteiger partial charge on any atom is 0.161 e. The van der Waals surface area contributed by atoms with E-state index in [4.69, 9.17) is 4.74 Å². The molecule has 0 aliphatic carbocycles. The molecule has 0 amide bonds. The van der Waals surface area contributed by atoms with Gasteiger partial charge in [0.15, 0.2) is 17.3 Å². The summed E-state index contributed by atoms with van der Waals surface area (Å²) in [6, 6.07) is 2.94. The van der Waals surface area contributed by atoms with Crippen molar-refractivity contribution < 1.29 is 19.4 Å². The molecule has 0 bridgehead atoms. The number of aldehydes is 1. The number of hydrogen-bond acceptors (Lipinski definition) is 4. The second-order valence-electron chi connectivity index (χ2n) is 3.11. The van der Waals surface area contributed by atoms with Gasteiger partial charge in [0, 0.05) is 17.5 Å². The van der Waals surface area contributed by atoms with Gasteiger partial charge in [-0.3, -0.25) is 4.79 Å². The number of ketones is 1. The summed E-state index contributed by atoms with van der Waals surface area (Å²) in [5.74, 6) is -0.0189. The van der Waals surface area contributed by atoms with Gasteiger partial charge in [-0.25, -0.2) is 0 Å². The number of carbonyl (C=O) groups is 2. The Labute approximate surface area is 87.5 Å². The lowest BCUT2D eigenvalue weighted by molar-refractivity contribution is -0.107. The molecule has 0 aromatic heterocycles. The van der Waals surface area contributed by atoms with Crippen LogP contribution in [0.5, 0.6) is 11.5 Å². The van der Waals surface area contributed by atoms with Gasteiger partial charge in [-0.05, 0) is 19.1 Å². The third-order valence-corrected chi connectivity index (χ3v) is 2.08. The summed E-state index contributed by atoms with van der Waals surface area (Å²) in [7, 11) is 1.39. The van der Waals surface area contributed by atoms with E-state index in [1.807, 2.05) is 0 Å². The molecule has 0 spiro atoms. The zero-order valence-corrected chi connectivity index (χ0v) is 8.61. The maximum absolute atomic E-state index is 11.2. The minimum atomic E-state index is -0.138. The second kappa shape index (κ2) is 4.59. The predicted octanol–water partition coefficient (Wildman–Crippen LogP) is 1.34. The first-order valence-corrected chi connectivity index (χ1v) is 4.44. The van der Waals surface area contributed by atoms with E-state index < -0.39 is 0 Å². The molecule has 80 valence electrons. The number of phenols is 1. The molecular formula is C11H12O4. The van der Waals surface area contributed by atoms with Crippen LogP contribution in [-0.2, 0) is 11.2 Å². The van der Waals surface area contributed by atoms with Gasteiger partial charge < -0.3 is 14.6 Å². The molecule has 0 saturated heterocycles. The first kappa shape index (κ1) is 11.2. The lowest BCUT2D eigenvalue weighted by Crippen LogP contribution is -1.98. The predicted molar refractivity (Wildman–Crippen MR) is 54.4 cm³/mol. The number of methoxy groups -OCH3 is 1. The number of Topliss-reactive ketones (excluding diaryl/α,β-unsaturated/α-hetero) is 1. The molecule has 0 heterocycles. The Morgan fingerprint density at radius 3 is 2.67 bits per heavy atom. The largest absolute Gasteiger partial charge is 0.504 e. The number of rotatable bonds is 4. The van der Waals surface area contributed by atoms with Gasteiger partial charge >= 0.3 is 0 Å². The first-order valence-electron chi connectivity index (χ1n) is 4.44. The first-order chi connectivity index (χ1) is 7.10. The van der Waals surface area contributed by atoms with Crippen LogP contribution in [0.4, 0.5) is 0 Å². The summed E-state index contributed by atoms with van der Waals surface area (Å²) in [6.45, 7) is 1.41. The highest BCUT2D eigenvalue weighted by Gasteiger charge is 2.12. The summed E-state index contributed by atoms with van der Waals surface area (Å²) in [5, 5.41) is 9.63. The summed E-state index contributed by atoms with van der Waals surface area (Å²) in [5.41, 5.74) is 0.816. The number of hydrogen-bond donors (Lipinski definition) is 1. The highest BCUT2D eigenvalue weighted by molar-refractivity contribution is 5.95. The van der Waals surface area contributed by atoms with Crippen LogP contribution in [0.3, 0.4) is 0 Å². The van der Waals surface area contributed by atoms with Crippen molar-refractivity contribution in [2.24, 2.45) is 0 Å². The van der Waals surface area contributed by atoms with Gasteiger partial charge in [0.2, 0.25) is 0 Å². The fraction of sp³-hybridized carbons (Fsp3) is 0.273. The molecule has 15 heavy (non-hydrogen) atoms. The molecule has 0 aliphatic heterocycles. The van der Waals surface area contributed by atoms with Gasteiger partial charge in [-0.1, -0.05) is 0 Å². The normalized spacial score (nSPS) is 9.73. The van der Waals surface area contributed by atoms with Crippen LogP contribution in [0.15, 0.2) is 12.1 Å². The standard InChI is InChI=1S/C11H12O4/c1-7(13)9-5-8(3-4-12)11(14)10(6-9)15-2/h4-6,14H,3H2,1-2H3. The van der Waals surface area contributed by atoms with E-state index in [1.165, 1.54) is 26.2 Å². The molecule has 0 saturated carbocycles. The molecule has 0 fully saturated rings. The molecule has 1 aromatic carbocycles. The van der Waals surface area contributed by atoms with E-state index in [0.29, 0.717) is 17.4 Å². The van der Waals surface area contributed by atoms with E-state index in [-0.39, 0.29) is 23.7 Å². The van der Waals surface area contributed by atoms with Gasteiger partial charge in [0.05, 0.1) is 7.11 Å². The van der Waals surface area contributed by atoms with E-state index in [1.54, 1.807) is 0 Å². The Balaban J connectivity index is 3.30. The molecule has 0 radical (unpaired) electrons. The molecule has 0 atom stereocenters. The molecule has 1 rings (SSSR count). The quantitative estimate of drug-likeness (QED) is 0.599. The highest BCUT2D eigenvalue weighted by Crippen LogP contribution is 2.31. The SMILES string of the molecule is COc1cc(C(C)=O)cc(CC=O)c1O. The third kappa shape index (κ3) is 2.34. The summed E-state index contributed by atoms with van der Waals surface area (Å²) < 4.78 is 4.90. The molecule has 0 aliphatic rings. The Morgan fingerprint density at radius 2 is 2.20 bits per heavy atom. The Hall–Kier alpha value is -1.84. The van der Waals surface area contributed by atoms with Crippen molar-refractivity contribution in [3.63, 3.8) is 0 Å². The van der Waals surface area contributed by atoms with Gasteiger partial charge in [0.25, 0.3) is 0 Å². The average molecular weight is 208 g/mol. The number of phenolic OH excluding ortho intramolecular Hbond substituents is 1. The lowest BCUT2D eigenvalue weighted by atomic mass is 10.0. The van der Waals surface area contributed by atoms with Gasteiger partial charge in [-0.15, -0.1) is 0 Å². The van der Waals surface area contributed by atoms with Crippen molar-refractivity contribution in [2.45, 2.75) is 13.3 Å². The minimum absolute atomic E-state index is 0.0588. The number of aromatic hydroxyl groups is 1. The second-order valence-corrected chi connectivity index (χ2v) is 3.11. The van der Waals surface area contributed by atoms with E-state index in [0.717, 1.165) is 0 Å².